The lowest BCUT2D eigenvalue weighted by Gasteiger charge is -1.92. The van der Waals surface area contributed by atoms with Crippen molar-refractivity contribution in [1.29, 1.82) is 10.5 Å². The maximum atomic E-state index is 8.68. The van der Waals surface area contributed by atoms with Gasteiger partial charge in [-0.3, -0.25) is 0 Å². The molecule has 0 radical (unpaired) electrons. The maximum Gasteiger partial charge on any atom is 0.0991 e. The molecule has 0 unspecified atom stereocenters. The predicted molar refractivity (Wildman–Crippen MR) is 77.5 cm³/mol. The van der Waals surface area contributed by atoms with Crippen molar-refractivity contribution in [3.05, 3.63) is 70.8 Å². The van der Waals surface area contributed by atoms with Gasteiger partial charge in [0.2, 0.25) is 0 Å². The second-order valence-electron chi connectivity index (χ2n) is 3.96. The topological polar surface area (TPSA) is 72.3 Å². The number of nitriles is 2. The molecule has 4 heteroatoms. The summed E-state index contributed by atoms with van der Waals surface area (Å²) in [5.41, 5.74) is 2.98. The molecule has 0 aromatic heterocycles. The lowest BCUT2D eigenvalue weighted by Crippen LogP contribution is -1.82. The van der Waals surface area contributed by atoms with Gasteiger partial charge >= 0.3 is 0 Å². The van der Waals surface area contributed by atoms with E-state index < -0.39 is 0 Å². The number of benzene rings is 2. The van der Waals surface area contributed by atoms with Gasteiger partial charge in [-0.1, -0.05) is 24.3 Å². The molecule has 0 aliphatic carbocycles. The first-order valence-corrected chi connectivity index (χ1v) is 5.88. The molecule has 2 rings (SSSR count). The molecular weight excluding hydrogens is 248 g/mol. The van der Waals surface area contributed by atoms with Crippen LogP contribution in [-0.4, -0.2) is 12.4 Å². The van der Waals surface area contributed by atoms with Gasteiger partial charge in [0, 0.05) is 0 Å². The highest BCUT2D eigenvalue weighted by atomic mass is 15.2. The van der Waals surface area contributed by atoms with Crippen LogP contribution in [0.15, 0.2) is 58.7 Å². The third-order valence-electron chi connectivity index (χ3n) is 2.56. The highest BCUT2D eigenvalue weighted by Gasteiger charge is 1.90. The Morgan fingerprint density at radius 1 is 0.650 bits per heavy atom. The highest BCUT2D eigenvalue weighted by molar-refractivity contribution is 5.82. The predicted octanol–water partition coefficient (Wildman–Crippen LogP) is 2.88. The lowest BCUT2D eigenvalue weighted by atomic mass is 10.2. The molecule has 0 bridgehead atoms. The molecule has 0 N–H and O–H groups in total. The molecule has 0 saturated carbocycles. The summed E-state index contributed by atoms with van der Waals surface area (Å²) in [4.78, 5) is 0. The molecule has 20 heavy (non-hydrogen) atoms. The Bertz CT molecular complexity index is 646. The van der Waals surface area contributed by atoms with Crippen LogP contribution in [0.1, 0.15) is 22.3 Å². The fraction of sp³-hybridized carbons (Fsp3) is 0. The van der Waals surface area contributed by atoms with E-state index in [2.05, 4.69) is 22.3 Å². The Labute approximate surface area is 116 Å². The molecule has 0 spiro atoms. The van der Waals surface area contributed by atoms with E-state index in [1.807, 2.05) is 0 Å². The molecule has 94 valence electrons. The van der Waals surface area contributed by atoms with Gasteiger partial charge in [0.05, 0.1) is 35.7 Å². The Hall–Kier alpha value is -3.24. The van der Waals surface area contributed by atoms with E-state index in [1.165, 1.54) is 0 Å². The molecule has 0 saturated heterocycles. The molecule has 2 aromatic carbocycles. The second-order valence-corrected chi connectivity index (χ2v) is 3.96. The van der Waals surface area contributed by atoms with Crippen LogP contribution >= 0.6 is 0 Å². The Morgan fingerprint density at radius 3 is 1.30 bits per heavy atom. The van der Waals surface area contributed by atoms with Gasteiger partial charge < -0.3 is 0 Å². The summed E-state index contributed by atoms with van der Waals surface area (Å²) in [6, 6.07) is 18.2. The van der Waals surface area contributed by atoms with Crippen LogP contribution in [0.3, 0.4) is 0 Å². The molecule has 0 heterocycles. The normalized spacial score (nSPS) is 10.5. The van der Waals surface area contributed by atoms with E-state index in [-0.39, 0.29) is 0 Å². The summed E-state index contributed by atoms with van der Waals surface area (Å²) >= 11 is 0. The maximum absolute atomic E-state index is 8.68. The monoisotopic (exact) mass is 258 g/mol. The van der Waals surface area contributed by atoms with Gasteiger partial charge in [-0.15, -0.1) is 0 Å². The molecule has 0 aliphatic rings. The Balaban J connectivity index is 1.99. The number of rotatable bonds is 3. The summed E-state index contributed by atoms with van der Waals surface area (Å²) in [7, 11) is 0. The summed E-state index contributed by atoms with van der Waals surface area (Å²) in [5.74, 6) is 0. The van der Waals surface area contributed by atoms with Crippen LogP contribution in [0.4, 0.5) is 0 Å². The molecule has 0 amide bonds. The second kappa shape index (κ2) is 6.63. The van der Waals surface area contributed by atoms with Crippen molar-refractivity contribution in [2.24, 2.45) is 10.2 Å². The van der Waals surface area contributed by atoms with Crippen LogP contribution in [0.5, 0.6) is 0 Å². The fourth-order valence-corrected chi connectivity index (χ4v) is 1.49. The third-order valence-corrected chi connectivity index (χ3v) is 2.56. The molecule has 4 nitrogen and oxygen atoms in total. The van der Waals surface area contributed by atoms with E-state index in [9.17, 15) is 0 Å². The smallest absolute Gasteiger partial charge is 0.0991 e. The summed E-state index contributed by atoms with van der Waals surface area (Å²) < 4.78 is 0. The lowest BCUT2D eigenvalue weighted by molar-refractivity contribution is 1.26. The Morgan fingerprint density at radius 2 is 1.00 bits per heavy atom. The van der Waals surface area contributed by atoms with E-state index in [1.54, 1.807) is 61.0 Å². The summed E-state index contributed by atoms with van der Waals surface area (Å²) in [6.07, 6.45) is 3.22. The zero-order valence-corrected chi connectivity index (χ0v) is 10.6. The zero-order chi connectivity index (χ0) is 14.2. The first-order valence-electron chi connectivity index (χ1n) is 5.88. The van der Waals surface area contributed by atoms with Gasteiger partial charge in [0.1, 0.15) is 0 Å². The fourth-order valence-electron chi connectivity index (χ4n) is 1.49. The minimum Gasteiger partial charge on any atom is -0.192 e. The number of nitrogens with zero attached hydrogens (tertiary/aromatic N) is 4. The van der Waals surface area contributed by atoms with Crippen molar-refractivity contribution in [3.8, 4) is 12.1 Å². The highest BCUT2D eigenvalue weighted by Crippen LogP contribution is 2.02. The summed E-state index contributed by atoms with van der Waals surface area (Å²) in [6.45, 7) is 0. The summed E-state index contributed by atoms with van der Waals surface area (Å²) in [5, 5.41) is 25.2. The molecule has 0 aliphatic heterocycles. The van der Waals surface area contributed by atoms with Gasteiger partial charge in [0.15, 0.2) is 0 Å². The number of hydrogen-bond donors (Lipinski definition) is 0. The Kier molecular flexibility index (Phi) is 4.37. The van der Waals surface area contributed by atoms with Crippen molar-refractivity contribution >= 4 is 12.4 Å². The van der Waals surface area contributed by atoms with E-state index in [0.717, 1.165) is 11.1 Å². The molecular formula is C16H10N4. The standard InChI is InChI=1S/C16H10N4/c17-9-13-1-5-15(6-2-13)11-19-20-12-16-7-3-14(10-18)4-8-16/h1-8,11-12H/b19-11-,20-12-. The van der Waals surface area contributed by atoms with Gasteiger partial charge in [-0.2, -0.15) is 20.7 Å². The van der Waals surface area contributed by atoms with Gasteiger partial charge in [0.25, 0.3) is 0 Å². The van der Waals surface area contributed by atoms with Crippen molar-refractivity contribution in [3.63, 3.8) is 0 Å². The number of hydrogen-bond acceptors (Lipinski definition) is 4. The first kappa shape index (κ1) is 13.2. The minimum absolute atomic E-state index is 0.614. The largest absolute Gasteiger partial charge is 0.192 e. The van der Waals surface area contributed by atoms with Crippen LogP contribution in [0.25, 0.3) is 0 Å². The van der Waals surface area contributed by atoms with Crippen LogP contribution in [-0.2, 0) is 0 Å². The van der Waals surface area contributed by atoms with Crippen LogP contribution < -0.4 is 0 Å². The van der Waals surface area contributed by atoms with Gasteiger partial charge in [-0.25, -0.2) is 0 Å². The first-order chi connectivity index (χ1) is 9.81. The van der Waals surface area contributed by atoms with E-state index in [0.29, 0.717) is 11.1 Å². The van der Waals surface area contributed by atoms with Crippen LogP contribution in [0, 0.1) is 22.7 Å². The molecule has 0 atom stereocenters. The quantitative estimate of drug-likeness (QED) is 0.627. The minimum atomic E-state index is 0.614. The van der Waals surface area contributed by atoms with E-state index in [4.69, 9.17) is 10.5 Å². The van der Waals surface area contributed by atoms with E-state index >= 15 is 0 Å². The van der Waals surface area contributed by atoms with Crippen molar-refractivity contribution in [2.45, 2.75) is 0 Å². The SMILES string of the molecule is N#Cc1ccc(/C=N\N=C/c2ccc(C#N)cc2)cc1. The van der Waals surface area contributed by atoms with Crippen molar-refractivity contribution in [2.75, 3.05) is 0 Å². The average Bonchev–Trinajstić information content (AvgIpc) is 2.53. The van der Waals surface area contributed by atoms with Crippen molar-refractivity contribution in [1.82, 2.24) is 0 Å². The zero-order valence-electron chi connectivity index (χ0n) is 10.6. The van der Waals surface area contributed by atoms with Crippen molar-refractivity contribution < 1.29 is 0 Å². The third kappa shape index (κ3) is 3.63. The molecule has 2 aromatic rings. The molecule has 0 fully saturated rings. The van der Waals surface area contributed by atoms with Crippen LogP contribution in [0.2, 0.25) is 0 Å². The average molecular weight is 258 g/mol. The van der Waals surface area contributed by atoms with Gasteiger partial charge in [-0.05, 0) is 35.4 Å².